The zero-order valence-corrected chi connectivity index (χ0v) is 10.5. The molecule has 0 spiro atoms. The van der Waals surface area contributed by atoms with E-state index in [0.29, 0.717) is 6.61 Å². The lowest BCUT2D eigenvalue weighted by molar-refractivity contribution is -0.136. The van der Waals surface area contributed by atoms with E-state index in [9.17, 15) is 4.79 Å². The number of nitrogens with two attached hydrogens (primary N) is 1. The minimum Gasteiger partial charge on any atom is -0.370 e. The third-order valence-corrected chi connectivity index (χ3v) is 2.63. The lowest BCUT2D eigenvalue weighted by atomic mass is 10.0. The van der Waals surface area contributed by atoms with Gasteiger partial charge < -0.3 is 15.4 Å². The Labute approximate surface area is 92.8 Å². The van der Waals surface area contributed by atoms with E-state index in [2.05, 4.69) is 0 Å². The second kappa shape index (κ2) is 6.08. The summed E-state index contributed by atoms with van der Waals surface area (Å²) in [6, 6.07) is 0.205. The van der Waals surface area contributed by atoms with Crippen molar-refractivity contribution in [3.8, 4) is 0 Å². The lowest BCUT2D eigenvalue weighted by Crippen LogP contribution is -2.42. The standard InChI is InChI=1S/C11H24N2O2/c1-6-11(4,12)8-15-7-10(14)13(5)9(2)3/h9H,6-8,12H2,1-5H3. The van der Waals surface area contributed by atoms with Crippen molar-refractivity contribution in [1.82, 2.24) is 4.90 Å². The third-order valence-electron chi connectivity index (χ3n) is 2.63. The Hall–Kier alpha value is -0.610. The molecule has 4 nitrogen and oxygen atoms in total. The monoisotopic (exact) mass is 216 g/mol. The van der Waals surface area contributed by atoms with Gasteiger partial charge in [0.05, 0.1) is 6.61 Å². The number of amides is 1. The van der Waals surface area contributed by atoms with Gasteiger partial charge in [-0.2, -0.15) is 0 Å². The van der Waals surface area contributed by atoms with E-state index in [1.807, 2.05) is 27.7 Å². The molecule has 0 aromatic rings. The van der Waals surface area contributed by atoms with Gasteiger partial charge in [0.25, 0.3) is 0 Å². The molecule has 0 aliphatic rings. The van der Waals surface area contributed by atoms with Gasteiger partial charge in [0, 0.05) is 18.6 Å². The Balaban J connectivity index is 3.83. The molecular weight excluding hydrogens is 192 g/mol. The van der Waals surface area contributed by atoms with Crippen LogP contribution in [-0.2, 0) is 9.53 Å². The third kappa shape index (κ3) is 5.74. The van der Waals surface area contributed by atoms with Crippen molar-refractivity contribution in [1.29, 1.82) is 0 Å². The minimum atomic E-state index is -0.337. The molecule has 0 rings (SSSR count). The average Bonchev–Trinajstić information content (AvgIpc) is 2.16. The van der Waals surface area contributed by atoms with Crippen molar-refractivity contribution < 1.29 is 9.53 Å². The van der Waals surface area contributed by atoms with Gasteiger partial charge in [0.1, 0.15) is 6.61 Å². The summed E-state index contributed by atoms with van der Waals surface area (Å²) in [5.41, 5.74) is 5.55. The molecule has 0 radical (unpaired) electrons. The number of nitrogens with zero attached hydrogens (tertiary/aromatic N) is 1. The molecule has 90 valence electrons. The second-order valence-electron chi connectivity index (χ2n) is 4.60. The molecule has 15 heavy (non-hydrogen) atoms. The van der Waals surface area contributed by atoms with Crippen LogP contribution in [0.4, 0.5) is 0 Å². The summed E-state index contributed by atoms with van der Waals surface area (Å²) in [7, 11) is 1.78. The van der Waals surface area contributed by atoms with Crippen LogP contribution >= 0.6 is 0 Å². The molecule has 0 aromatic carbocycles. The highest BCUT2D eigenvalue weighted by Crippen LogP contribution is 2.05. The first-order chi connectivity index (χ1) is 6.80. The van der Waals surface area contributed by atoms with E-state index in [1.165, 1.54) is 0 Å². The van der Waals surface area contributed by atoms with E-state index in [4.69, 9.17) is 10.5 Å². The minimum absolute atomic E-state index is 0.00287. The van der Waals surface area contributed by atoms with E-state index in [0.717, 1.165) is 6.42 Å². The van der Waals surface area contributed by atoms with E-state index in [-0.39, 0.29) is 24.1 Å². The molecule has 0 heterocycles. The summed E-state index contributed by atoms with van der Waals surface area (Å²) < 4.78 is 5.31. The fourth-order valence-electron chi connectivity index (χ4n) is 0.863. The van der Waals surface area contributed by atoms with Gasteiger partial charge in [-0.05, 0) is 27.2 Å². The van der Waals surface area contributed by atoms with E-state index >= 15 is 0 Å². The predicted molar refractivity (Wildman–Crippen MR) is 61.6 cm³/mol. The van der Waals surface area contributed by atoms with Gasteiger partial charge in [-0.25, -0.2) is 0 Å². The Morgan fingerprint density at radius 1 is 1.53 bits per heavy atom. The second-order valence-corrected chi connectivity index (χ2v) is 4.60. The first-order valence-corrected chi connectivity index (χ1v) is 5.42. The summed E-state index contributed by atoms with van der Waals surface area (Å²) in [6.45, 7) is 8.39. The van der Waals surface area contributed by atoms with Gasteiger partial charge in [-0.3, -0.25) is 4.79 Å². The topological polar surface area (TPSA) is 55.6 Å². The highest BCUT2D eigenvalue weighted by atomic mass is 16.5. The van der Waals surface area contributed by atoms with Crippen molar-refractivity contribution in [2.75, 3.05) is 20.3 Å². The number of rotatable bonds is 6. The SMILES string of the molecule is CCC(C)(N)COCC(=O)N(C)C(C)C. The molecule has 1 unspecified atom stereocenters. The number of hydrogen-bond donors (Lipinski definition) is 1. The summed E-state index contributed by atoms with van der Waals surface area (Å²) in [6.07, 6.45) is 0.835. The first-order valence-electron chi connectivity index (χ1n) is 5.42. The van der Waals surface area contributed by atoms with Crippen LogP contribution in [0.2, 0.25) is 0 Å². The van der Waals surface area contributed by atoms with Crippen molar-refractivity contribution in [2.24, 2.45) is 5.73 Å². The van der Waals surface area contributed by atoms with Crippen LogP contribution in [0.1, 0.15) is 34.1 Å². The van der Waals surface area contributed by atoms with Crippen LogP contribution in [0, 0.1) is 0 Å². The summed E-state index contributed by atoms with van der Waals surface area (Å²) in [5, 5.41) is 0. The number of carbonyl (C=O) groups excluding carboxylic acids is 1. The highest BCUT2D eigenvalue weighted by molar-refractivity contribution is 5.77. The fourth-order valence-corrected chi connectivity index (χ4v) is 0.863. The molecule has 0 aliphatic carbocycles. The Morgan fingerprint density at radius 2 is 2.07 bits per heavy atom. The zero-order chi connectivity index (χ0) is 12.1. The molecule has 0 aliphatic heterocycles. The molecule has 0 bridgehead atoms. The number of likely N-dealkylation sites (N-methyl/N-ethyl adjacent to an activating group) is 1. The van der Waals surface area contributed by atoms with Gasteiger partial charge in [0.2, 0.25) is 5.91 Å². The van der Waals surface area contributed by atoms with Crippen LogP contribution in [0.15, 0.2) is 0 Å². The molecule has 0 aromatic heterocycles. The molecule has 0 fully saturated rings. The van der Waals surface area contributed by atoms with Crippen molar-refractivity contribution >= 4 is 5.91 Å². The average molecular weight is 216 g/mol. The van der Waals surface area contributed by atoms with Crippen molar-refractivity contribution in [3.05, 3.63) is 0 Å². The largest absolute Gasteiger partial charge is 0.370 e. The number of carbonyl (C=O) groups is 1. The number of ether oxygens (including phenoxy) is 1. The highest BCUT2D eigenvalue weighted by Gasteiger charge is 2.17. The molecule has 4 heteroatoms. The molecule has 0 saturated carbocycles. The van der Waals surface area contributed by atoms with Crippen LogP contribution < -0.4 is 5.73 Å². The fraction of sp³-hybridized carbons (Fsp3) is 0.909. The Kier molecular flexibility index (Phi) is 5.83. The molecule has 0 saturated heterocycles. The summed E-state index contributed by atoms with van der Waals surface area (Å²) in [4.78, 5) is 13.2. The van der Waals surface area contributed by atoms with E-state index in [1.54, 1.807) is 11.9 Å². The summed E-state index contributed by atoms with van der Waals surface area (Å²) in [5.74, 6) is -0.00287. The van der Waals surface area contributed by atoms with Gasteiger partial charge in [0.15, 0.2) is 0 Å². The number of hydrogen-bond acceptors (Lipinski definition) is 3. The smallest absolute Gasteiger partial charge is 0.248 e. The van der Waals surface area contributed by atoms with Crippen molar-refractivity contribution in [3.63, 3.8) is 0 Å². The van der Waals surface area contributed by atoms with Crippen LogP contribution in [0.5, 0.6) is 0 Å². The zero-order valence-electron chi connectivity index (χ0n) is 10.5. The van der Waals surface area contributed by atoms with E-state index < -0.39 is 0 Å². The lowest BCUT2D eigenvalue weighted by Gasteiger charge is -2.24. The normalized spacial score (nSPS) is 15.1. The predicted octanol–water partition coefficient (Wildman–Crippen LogP) is 0.997. The maximum Gasteiger partial charge on any atom is 0.248 e. The Morgan fingerprint density at radius 3 is 2.47 bits per heavy atom. The van der Waals surface area contributed by atoms with Gasteiger partial charge in [-0.1, -0.05) is 6.92 Å². The molecule has 2 N–H and O–H groups in total. The van der Waals surface area contributed by atoms with Gasteiger partial charge >= 0.3 is 0 Å². The molecular formula is C11H24N2O2. The van der Waals surface area contributed by atoms with Gasteiger partial charge in [-0.15, -0.1) is 0 Å². The molecule has 1 amide bonds. The van der Waals surface area contributed by atoms with Crippen LogP contribution in [0.25, 0.3) is 0 Å². The Bertz CT molecular complexity index is 203. The van der Waals surface area contributed by atoms with Crippen molar-refractivity contribution in [2.45, 2.75) is 45.7 Å². The summed E-state index contributed by atoms with van der Waals surface area (Å²) >= 11 is 0. The van der Waals surface area contributed by atoms with Crippen LogP contribution in [-0.4, -0.2) is 42.6 Å². The first kappa shape index (κ1) is 14.4. The molecule has 1 atom stereocenters. The maximum atomic E-state index is 11.5. The maximum absolute atomic E-state index is 11.5. The quantitative estimate of drug-likeness (QED) is 0.720. The van der Waals surface area contributed by atoms with Crippen LogP contribution in [0.3, 0.4) is 0 Å².